The lowest BCUT2D eigenvalue weighted by Gasteiger charge is -2.19. The van der Waals surface area contributed by atoms with Gasteiger partial charge in [0.1, 0.15) is 23.2 Å². The quantitative estimate of drug-likeness (QED) is 0.302. The Morgan fingerprint density at radius 3 is 2.29 bits per heavy atom. The molecule has 226 valence electrons. The van der Waals surface area contributed by atoms with Crippen LogP contribution in [-0.2, 0) is 34.2 Å². The lowest BCUT2D eigenvalue weighted by atomic mass is 10.2. The molecule has 0 radical (unpaired) electrons. The van der Waals surface area contributed by atoms with Crippen molar-refractivity contribution in [2.45, 2.75) is 77.4 Å². The topological polar surface area (TPSA) is 148 Å². The predicted octanol–water partition coefficient (Wildman–Crippen LogP) is 4.74. The summed E-state index contributed by atoms with van der Waals surface area (Å²) in [6.07, 6.45) is -2.98. The highest BCUT2D eigenvalue weighted by molar-refractivity contribution is 7.88. The largest absolute Gasteiger partial charge is 0.474 e. The predicted molar refractivity (Wildman–Crippen MR) is 140 cm³/mol. The van der Waals surface area contributed by atoms with Crippen molar-refractivity contribution in [1.29, 1.82) is 0 Å². The summed E-state index contributed by atoms with van der Waals surface area (Å²) in [5, 5.41) is 4.85. The minimum Gasteiger partial charge on any atom is -0.474 e. The van der Waals surface area contributed by atoms with E-state index in [1.165, 1.54) is 18.2 Å². The average Bonchev–Trinajstić information content (AvgIpc) is 3.33. The SMILES string of the molecule is CC(C)(C)OC(=O)NS(=O)(=O)NCc1ccc(NC(=O)NCc2ccc(C(F)(F)F)nc2OC2CCCC2)cc1F. The number of pyridine rings is 1. The molecule has 16 heteroatoms. The number of carbonyl (C=O) groups excluding carboxylic acids is 2. The molecule has 0 atom stereocenters. The van der Waals surface area contributed by atoms with Crippen molar-refractivity contribution in [3.63, 3.8) is 0 Å². The van der Waals surface area contributed by atoms with Gasteiger partial charge in [0.2, 0.25) is 5.88 Å². The molecule has 1 aliphatic carbocycles. The number of halogens is 4. The molecule has 0 spiro atoms. The molecule has 2 aromatic rings. The van der Waals surface area contributed by atoms with Gasteiger partial charge in [0, 0.05) is 29.9 Å². The van der Waals surface area contributed by atoms with Crippen LogP contribution in [0.15, 0.2) is 30.3 Å². The van der Waals surface area contributed by atoms with E-state index < -0.39 is 52.2 Å². The molecule has 0 bridgehead atoms. The molecule has 3 amide bonds. The van der Waals surface area contributed by atoms with Gasteiger partial charge in [-0.15, -0.1) is 0 Å². The van der Waals surface area contributed by atoms with Gasteiger partial charge in [-0.1, -0.05) is 6.07 Å². The van der Waals surface area contributed by atoms with E-state index in [4.69, 9.17) is 9.47 Å². The number of alkyl halides is 3. The minimum atomic E-state index is -4.67. The van der Waals surface area contributed by atoms with Crippen LogP contribution in [0.1, 0.15) is 63.3 Å². The number of hydrogen-bond donors (Lipinski definition) is 4. The zero-order chi connectivity index (χ0) is 30.4. The summed E-state index contributed by atoms with van der Waals surface area (Å²) in [5.41, 5.74) is -1.88. The summed E-state index contributed by atoms with van der Waals surface area (Å²) in [6.45, 7) is 3.92. The maximum absolute atomic E-state index is 14.6. The monoisotopic (exact) mass is 605 g/mol. The van der Waals surface area contributed by atoms with E-state index in [0.29, 0.717) is 12.8 Å². The molecular formula is C25H31F4N5O6S. The molecule has 0 aliphatic heterocycles. The van der Waals surface area contributed by atoms with Crippen LogP contribution in [-0.4, -0.2) is 37.2 Å². The Hall–Kier alpha value is -3.66. The number of anilines is 1. The van der Waals surface area contributed by atoms with E-state index in [2.05, 4.69) is 15.6 Å². The number of benzene rings is 1. The Balaban J connectivity index is 1.57. The van der Waals surface area contributed by atoms with Crippen molar-refractivity contribution >= 4 is 28.0 Å². The molecule has 3 rings (SSSR count). The van der Waals surface area contributed by atoms with E-state index in [-0.39, 0.29) is 35.3 Å². The highest BCUT2D eigenvalue weighted by Gasteiger charge is 2.34. The van der Waals surface area contributed by atoms with Gasteiger partial charge in [-0.2, -0.15) is 26.3 Å². The molecule has 0 saturated heterocycles. The van der Waals surface area contributed by atoms with Crippen LogP contribution in [0.5, 0.6) is 5.88 Å². The van der Waals surface area contributed by atoms with Gasteiger partial charge in [-0.25, -0.2) is 23.7 Å². The van der Waals surface area contributed by atoms with Crippen molar-refractivity contribution in [1.82, 2.24) is 19.7 Å². The third kappa shape index (κ3) is 10.4. The first-order chi connectivity index (χ1) is 19.0. The van der Waals surface area contributed by atoms with Gasteiger partial charge in [-0.3, -0.25) is 0 Å². The molecule has 1 aliphatic rings. The molecule has 11 nitrogen and oxygen atoms in total. The van der Waals surface area contributed by atoms with E-state index in [1.54, 1.807) is 25.5 Å². The van der Waals surface area contributed by atoms with E-state index in [1.807, 2.05) is 4.72 Å². The molecule has 1 aromatic carbocycles. The van der Waals surface area contributed by atoms with Crippen LogP contribution >= 0.6 is 0 Å². The Kier molecular flexibility index (Phi) is 10.0. The van der Waals surface area contributed by atoms with Crippen molar-refractivity contribution in [3.05, 3.63) is 53.0 Å². The Morgan fingerprint density at radius 1 is 1.02 bits per heavy atom. The van der Waals surface area contributed by atoms with Crippen LogP contribution < -0.4 is 24.8 Å². The van der Waals surface area contributed by atoms with Crippen LogP contribution in [0.2, 0.25) is 0 Å². The highest BCUT2D eigenvalue weighted by Crippen LogP contribution is 2.32. The lowest BCUT2D eigenvalue weighted by Crippen LogP contribution is -2.42. The number of nitrogens with one attached hydrogen (secondary N) is 4. The number of carbonyl (C=O) groups is 2. The van der Waals surface area contributed by atoms with Crippen LogP contribution in [0.3, 0.4) is 0 Å². The van der Waals surface area contributed by atoms with Crippen LogP contribution in [0, 0.1) is 5.82 Å². The number of hydrogen-bond acceptors (Lipinski definition) is 7. The zero-order valence-corrected chi connectivity index (χ0v) is 23.3. The second kappa shape index (κ2) is 12.9. The van der Waals surface area contributed by atoms with Gasteiger partial charge >= 0.3 is 28.5 Å². The third-order valence-electron chi connectivity index (χ3n) is 5.63. The molecule has 0 unspecified atom stereocenters. The van der Waals surface area contributed by atoms with E-state index in [9.17, 15) is 35.6 Å². The number of ether oxygens (including phenoxy) is 2. The van der Waals surface area contributed by atoms with Gasteiger partial charge in [-0.05, 0) is 70.7 Å². The first-order valence-electron chi connectivity index (χ1n) is 12.6. The fraction of sp³-hybridized carbons (Fsp3) is 0.480. The molecule has 4 N–H and O–H groups in total. The fourth-order valence-electron chi connectivity index (χ4n) is 3.76. The fourth-order valence-corrected chi connectivity index (χ4v) is 4.44. The molecule has 1 saturated carbocycles. The van der Waals surface area contributed by atoms with E-state index in [0.717, 1.165) is 25.0 Å². The Labute approximate surface area is 234 Å². The number of amides is 3. The highest BCUT2D eigenvalue weighted by atomic mass is 32.2. The van der Waals surface area contributed by atoms with Crippen LogP contribution in [0.25, 0.3) is 0 Å². The average molecular weight is 606 g/mol. The normalized spacial score (nSPS) is 14.4. The summed E-state index contributed by atoms with van der Waals surface area (Å²) in [4.78, 5) is 27.7. The van der Waals surface area contributed by atoms with Crippen molar-refractivity contribution in [3.8, 4) is 5.88 Å². The zero-order valence-electron chi connectivity index (χ0n) is 22.5. The smallest absolute Gasteiger partial charge is 0.433 e. The summed E-state index contributed by atoms with van der Waals surface area (Å²) < 4.78 is 92.3. The van der Waals surface area contributed by atoms with Gasteiger partial charge < -0.3 is 20.1 Å². The van der Waals surface area contributed by atoms with Crippen LogP contribution in [0.4, 0.5) is 32.8 Å². The number of rotatable bonds is 9. The third-order valence-corrected chi connectivity index (χ3v) is 6.59. The van der Waals surface area contributed by atoms with Crippen molar-refractivity contribution in [2.24, 2.45) is 0 Å². The lowest BCUT2D eigenvalue weighted by molar-refractivity contribution is -0.141. The molecular weight excluding hydrogens is 574 g/mol. The summed E-state index contributed by atoms with van der Waals surface area (Å²) >= 11 is 0. The maximum atomic E-state index is 14.6. The Morgan fingerprint density at radius 2 is 1.68 bits per heavy atom. The second-order valence-electron chi connectivity index (χ2n) is 10.2. The van der Waals surface area contributed by atoms with Crippen molar-refractivity contribution < 1.29 is 45.0 Å². The second-order valence-corrected chi connectivity index (χ2v) is 11.7. The van der Waals surface area contributed by atoms with Gasteiger partial charge in [0.25, 0.3) is 0 Å². The molecule has 41 heavy (non-hydrogen) atoms. The molecule has 1 aromatic heterocycles. The summed E-state index contributed by atoms with van der Waals surface area (Å²) in [7, 11) is -4.35. The first kappa shape index (κ1) is 31.9. The van der Waals surface area contributed by atoms with Gasteiger partial charge in [0.05, 0.1) is 0 Å². The first-order valence-corrected chi connectivity index (χ1v) is 14.1. The number of urea groups is 1. The Bertz CT molecular complexity index is 1360. The van der Waals surface area contributed by atoms with E-state index >= 15 is 0 Å². The number of aromatic nitrogens is 1. The van der Waals surface area contributed by atoms with Crippen molar-refractivity contribution in [2.75, 3.05) is 5.32 Å². The minimum absolute atomic E-state index is 0.0199. The standard InChI is InChI=1S/C25H31F4N5O6S/c1-24(2,3)40-23(36)34-41(37,38)31-14-15-8-10-17(12-19(15)26)32-22(35)30-13-16-9-11-20(25(27,28)29)33-21(16)39-18-6-4-5-7-18/h8-12,18,31H,4-7,13-14H2,1-3H3,(H,34,36)(H2,30,32,35). The maximum Gasteiger partial charge on any atom is 0.433 e. The molecule has 1 fully saturated rings. The summed E-state index contributed by atoms with van der Waals surface area (Å²) in [5.74, 6) is -1.08. The van der Waals surface area contributed by atoms with Gasteiger partial charge in [0.15, 0.2) is 0 Å². The summed E-state index contributed by atoms with van der Waals surface area (Å²) in [6, 6.07) is 4.65. The molecule has 1 heterocycles. The number of nitrogens with zero attached hydrogens (tertiary/aromatic N) is 1.